The quantitative estimate of drug-likeness (QED) is 0.743. The summed E-state index contributed by atoms with van der Waals surface area (Å²) >= 11 is 0. The van der Waals surface area contributed by atoms with Crippen LogP contribution in [0.15, 0.2) is 30.3 Å². The summed E-state index contributed by atoms with van der Waals surface area (Å²) in [6.45, 7) is 10.0. The van der Waals surface area contributed by atoms with Gasteiger partial charge in [0.25, 0.3) is 0 Å². The van der Waals surface area contributed by atoms with Gasteiger partial charge in [0, 0.05) is 18.1 Å². The van der Waals surface area contributed by atoms with E-state index in [0.29, 0.717) is 0 Å². The number of benzene rings is 1. The van der Waals surface area contributed by atoms with Crippen LogP contribution in [0.1, 0.15) is 46.2 Å². The van der Waals surface area contributed by atoms with Crippen molar-refractivity contribution < 1.29 is 14.3 Å². The van der Waals surface area contributed by atoms with Crippen molar-refractivity contribution in [2.75, 3.05) is 13.7 Å². The lowest BCUT2D eigenvalue weighted by molar-refractivity contribution is -0.146. The lowest BCUT2D eigenvalue weighted by atomic mass is 9.94. The van der Waals surface area contributed by atoms with Crippen molar-refractivity contribution in [3.63, 3.8) is 0 Å². The molecule has 0 aliphatic heterocycles. The number of carbonyl (C=O) groups is 2. The highest BCUT2D eigenvalue weighted by Gasteiger charge is 2.28. The van der Waals surface area contributed by atoms with Crippen LogP contribution in [-0.4, -0.2) is 42.5 Å². The predicted octanol–water partition coefficient (Wildman–Crippen LogP) is 2.77. The Morgan fingerprint density at radius 2 is 1.58 bits per heavy atom. The fraction of sp³-hybridized carbons (Fsp3) is 0.579. The molecule has 0 aromatic heterocycles. The Hall–Kier alpha value is -1.88. The Labute approximate surface area is 145 Å². The van der Waals surface area contributed by atoms with Crippen LogP contribution in [0, 0.1) is 5.92 Å². The number of methoxy groups -OCH3 is 1. The second kappa shape index (κ2) is 9.42. The molecule has 0 fully saturated rings. The maximum Gasteiger partial charge on any atom is 0.310 e. The summed E-state index contributed by atoms with van der Waals surface area (Å²) < 4.78 is 4.87. The normalized spacial score (nSPS) is 13.7. The highest BCUT2D eigenvalue weighted by Crippen LogP contribution is 2.23. The number of rotatable bonds is 8. The van der Waals surface area contributed by atoms with Crippen molar-refractivity contribution in [3.05, 3.63) is 35.9 Å². The van der Waals surface area contributed by atoms with Gasteiger partial charge in [-0.15, -0.1) is 0 Å². The first-order valence-electron chi connectivity index (χ1n) is 8.46. The van der Waals surface area contributed by atoms with E-state index in [1.54, 1.807) is 0 Å². The van der Waals surface area contributed by atoms with Crippen LogP contribution in [0.5, 0.6) is 0 Å². The summed E-state index contributed by atoms with van der Waals surface area (Å²) in [5.74, 6) is -0.664. The zero-order valence-electron chi connectivity index (χ0n) is 15.6. The highest BCUT2D eigenvalue weighted by molar-refractivity contribution is 5.79. The standard InChI is InChI=1S/C19H30N2O3/c1-13(2)21(14(3)4)17(22)12-20-18(15(5)19(23)24-6)16-10-8-7-9-11-16/h7-11,13-15,18,20H,12H2,1-6H3/t15-,18-/m1/s1. The zero-order chi connectivity index (χ0) is 18.3. The molecule has 0 spiro atoms. The van der Waals surface area contributed by atoms with Gasteiger partial charge in [0.05, 0.1) is 19.6 Å². The average molecular weight is 334 g/mol. The van der Waals surface area contributed by atoms with Gasteiger partial charge >= 0.3 is 5.97 Å². The molecule has 1 aromatic rings. The Morgan fingerprint density at radius 3 is 2.04 bits per heavy atom. The summed E-state index contributed by atoms with van der Waals surface area (Å²) in [6, 6.07) is 9.65. The molecule has 0 bridgehead atoms. The second-order valence-corrected chi connectivity index (χ2v) is 6.57. The molecule has 1 amide bonds. The van der Waals surface area contributed by atoms with Crippen LogP contribution >= 0.6 is 0 Å². The Morgan fingerprint density at radius 1 is 1.04 bits per heavy atom. The predicted molar refractivity (Wildman–Crippen MR) is 95.5 cm³/mol. The van der Waals surface area contributed by atoms with Gasteiger partial charge in [-0.25, -0.2) is 0 Å². The molecular formula is C19H30N2O3. The van der Waals surface area contributed by atoms with Gasteiger partial charge in [-0.2, -0.15) is 0 Å². The van der Waals surface area contributed by atoms with Crippen LogP contribution in [0.3, 0.4) is 0 Å². The monoisotopic (exact) mass is 334 g/mol. The first kappa shape index (κ1) is 20.2. The number of amides is 1. The number of esters is 1. The molecule has 0 saturated carbocycles. The Bertz CT molecular complexity index is 521. The van der Waals surface area contributed by atoms with E-state index in [2.05, 4.69) is 5.32 Å². The maximum atomic E-state index is 12.6. The van der Waals surface area contributed by atoms with Crippen LogP contribution in [0.4, 0.5) is 0 Å². The molecular weight excluding hydrogens is 304 g/mol. The lowest BCUT2D eigenvalue weighted by Crippen LogP contribution is -2.47. The Balaban J connectivity index is 2.90. The molecule has 1 rings (SSSR count). The summed E-state index contributed by atoms with van der Waals surface area (Å²) in [5.41, 5.74) is 0.962. The smallest absolute Gasteiger partial charge is 0.310 e. The SMILES string of the molecule is COC(=O)[C@H](C)[C@@H](NCC(=O)N(C(C)C)C(C)C)c1ccccc1. The van der Waals surface area contributed by atoms with Crippen molar-refractivity contribution in [2.24, 2.45) is 5.92 Å². The summed E-state index contributed by atoms with van der Waals surface area (Å²) in [6.07, 6.45) is 0. The van der Waals surface area contributed by atoms with E-state index in [9.17, 15) is 9.59 Å². The largest absolute Gasteiger partial charge is 0.469 e. The van der Waals surface area contributed by atoms with Crippen LogP contribution in [-0.2, 0) is 14.3 Å². The van der Waals surface area contributed by atoms with E-state index in [1.165, 1.54) is 7.11 Å². The van der Waals surface area contributed by atoms with E-state index in [0.717, 1.165) is 5.56 Å². The summed E-state index contributed by atoms with van der Waals surface area (Å²) in [7, 11) is 1.38. The molecule has 24 heavy (non-hydrogen) atoms. The van der Waals surface area contributed by atoms with E-state index in [4.69, 9.17) is 4.74 Å². The number of nitrogens with zero attached hydrogens (tertiary/aromatic N) is 1. The van der Waals surface area contributed by atoms with Gasteiger partial charge in [0.15, 0.2) is 0 Å². The maximum absolute atomic E-state index is 12.6. The molecule has 0 unspecified atom stereocenters. The van der Waals surface area contributed by atoms with Gasteiger partial charge < -0.3 is 15.0 Å². The van der Waals surface area contributed by atoms with Gasteiger partial charge in [-0.05, 0) is 33.3 Å². The molecule has 5 heteroatoms. The molecule has 0 aliphatic rings. The van der Waals surface area contributed by atoms with Crippen molar-refractivity contribution in [1.82, 2.24) is 10.2 Å². The zero-order valence-corrected chi connectivity index (χ0v) is 15.6. The Kier molecular flexibility index (Phi) is 7.92. The van der Waals surface area contributed by atoms with Crippen LogP contribution in [0.25, 0.3) is 0 Å². The third-order valence-corrected chi connectivity index (χ3v) is 4.11. The van der Waals surface area contributed by atoms with Gasteiger partial charge in [-0.1, -0.05) is 37.3 Å². The van der Waals surface area contributed by atoms with Crippen LogP contribution in [0.2, 0.25) is 0 Å². The number of hydrogen-bond donors (Lipinski definition) is 1. The van der Waals surface area contributed by atoms with E-state index >= 15 is 0 Å². The van der Waals surface area contributed by atoms with E-state index < -0.39 is 5.92 Å². The number of nitrogens with one attached hydrogen (secondary N) is 1. The molecule has 5 nitrogen and oxygen atoms in total. The molecule has 1 N–H and O–H groups in total. The van der Waals surface area contributed by atoms with Crippen LogP contribution < -0.4 is 5.32 Å². The van der Waals surface area contributed by atoms with Crippen molar-refractivity contribution in [3.8, 4) is 0 Å². The second-order valence-electron chi connectivity index (χ2n) is 6.57. The third-order valence-electron chi connectivity index (χ3n) is 4.11. The number of ether oxygens (including phenoxy) is 1. The molecule has 0 radical (unpaired) electrons. The number of hydrogen-bond acceptors (Lipinski definition) is 4. The fourth-order valence-corrected chi connectivity index (χ4v) is 3.03. The van der Waals surface area contributed by atoms with Crippen molar-refractivity contribution >= 4 is 11.9 Å². The van der Waals surface area contributed by atoms with Gasteiger partial charge in [0.1, 0.15) is 0 Å². The van der Waals surface area contributed by atoms with Crippen molar-refractivity contribution in [1.29, 1.82) is 0 Å². The first-order chi connectivity index (χ1) is 11.3. The van der Waals surface area contributed by atoms with Gasteiger partial charge in [-0.3, -0.25) is 9.59 Å². The van der Waals surface area contributed by atoms with E-state index in [1.807, 2.05) is 69.9 Å². The minimum atomic E-state index is -0.392. The number of carbonyl (C=O) groups excluding carboxylic acids is 2. The fourth-order valence-electron chi connectivity index (χ4n) is 3.03. The first-order valence-corrected chi connectivity index (χ1v) is 8.46. The van der Waals surface area contributed by atoms with Gasteiger partial charge in [0.2, 0.25) is 5.91 Å². The van der Waals surface area contributed by atoms with E-state index in [-0.39, 0.29) is 36.5 Å². The molecule has 1 aromatic carbocycles. The summed E-state index contributed by atoms with van der Waals surface area (Å²) in [5, 5.41) is 3.25. The minimum Gasteiger partial charge on any atom is -0.469 e. The average Bonchev–Trinajstić information content (AvgIpc) is 2.54. The molecule has 2 atom stereocenters. The molecule has 0 aliphatic carbocycles. The lowest BCUT2D eigenvalue weighted by Gasteiger charge is -2.32. The minimum absolute atomic E-state index is 0.0259. The molecule has 0 heterocycles. The molecule has 134 valence electrons. The van der Waals surface area contributed by atoms with Crippen molar-refractivity contribution in [2.45, 2.75) is 52.7 Å². The topological polar surface area (TPSA) is 58.6 Å². The molecule has 0 saturated heterocycles. The summed E-state index contributed by atoms with van der Waals surface area (Å²) in [4.78, 5) is 26.4. The highest BCUT2D eigenvalue weighted by atomic mass is 16.5. The third kappa shape index (κ3) is 5.34.